The third-order valence-electron chi connectivity index (χ3n) is 4.15. The summed E-state index contributed by atoms with van der Waals surface area (Å²) < 4.78 is 26.7. The van der Waals surface area contributed by atoms with Crippen molar-refractivity contribution in [2.75, 3.05) is 22.5 Å². The van der Waals surface area contributed by atoms with E-state index in [1.54, 1.807) is 43.3 Å². The third kappa shape index (κ3) is 6.14. The first-order valence-corrected chi connectivity index (χ1v) is 11.0. The number of hydrogen-bond acceptors (Lipinski definition) is 4. The fourth-order valence-corrected chi connectivity index (χ4v) is 3.86. The molecule has 3 amide bonds. The number of para-hydroxylation sites is 1. The van der Waals surface area contributed by atoms with Crippen LogP contribution in [0.1, 0.15) is 17.3 Å². The van der Waals surface area contributed by atoms with Gasteiger partial charge in [0.15, 0.2) is 0 Å². The smallest absolute Gasteiger partial charge is 0.322 e. The molecule has 0 saturated carbocycles. The van der Waals surface area contributed by atoms with Gasteiger partial charge >= 0.3 is 6.03 Å². The van der Waals surface area contributed by atoms with E-state index in [2.05, 4.69) is 20.7 Å². The SMILES string of the molecule is CCNS(=O)(=O)c1cccc(C(=O)Nc2cccc(NC(=O)Nc3ccccc3)c2)c1. The first-order valence-electron chi connectivity index (χ1n) is 9.51. The average molecular weight is 439 g/mol. The van der Waals surface area contributed by atoms with E-state index in [1.807, 2.05) is 18.2 Å². The zero-order chi connectivity index (χ0) is 22.3. The molecule has 0 aliphatic carbocycles. The van der Waals surface area contributed by atoms with E-state index in [9.17, 15) is 18.0 Å². The largest absolute Gasteiger partial charge is 0.323 e. The quantitative estimate of drug-likeness (QED) is 0.448. The monoisotopic (exact) mass is 438 g/mol. The number of urea groups is 1. The van der Waals surface area contributed by atoms with Gasteiger partial charge in [-0.1, -0.05) is 37.3 Å². The third-order valence-corrected chi connectivity index (χ3v) is 5.69. The van der Waals surface area contributed by atoms with Crippen molar-refractivity contribution in [3.8, 4) is 0 Å². The molecule has 0 aliphatic rings. The van der Waals surface area contributed by atoms with Crippen LogP contribution in [0.3, 0.4) is 0 Å². The number of benzene rings is 3. The molecule has 0 spiro atoms. The molecule has 0 unspecified atom stereocenters. The van der Waals surface area contributed by atoms with Gasteiger partial charge in [0.1, 0.15) is 0 Å². The lowest BCUT2D eigenvalue weighted by Gasteiger charge is -2.11. The highest BCUT2D eigenvalue weighted by atomic mass is 32.2. The molecule has 0 atom stereocenters. The predicted molar refractivity (Wildman–Crippen MR) is 121 cm³/mol. The van der Waals surface area contributed by atoms with E-state index in [1.165, 1.54) is 24.3 Å². The fourth-order valence-electron chi connectivity index (χ4n) is 2.77. The number of rotatable bonds is 7. The molecule has 0 aromatic heterocycles. The van der Waals surface area contributed by atoms with E-state index in [0.717, 1.165) is 0 Å². The van der Waals surface area contributed by atoms with Gasteiger partial charge in [-0.05, 0) is 48.5 Å². The van der Waals surface area contributed by atoms with Crippen LogP contribution in [0.15, 0.2) is 83.8 Å². The summed E-state index contributed by atoms with van der Waals surface area (Å²) in [7, 11) is -3.67. The highest BCUT2D eigenvalue weighted by molar-refractivity contribution is 7.89. The molecular formula is C22H22N4O4S. The van der Waals surface area contributed by atoms with Gasteiger partial charge in [-0.15, -0.1) is 0 Å². The second-order valence-corrected chi connectivity index (χ2v) is 8.28. The summed E-state index contributed by atoms with van der Waals surface area (Å²) in [5, 5.41) is 8.11. The summed E-state index contributed by atoms with van der Waals surface area (Å²) in [5.41, 5.74) is 1.77. The Bertz CT molecular complexity index is 1180. The minimum atomic E-state index is -3.67. The van der Waals surface area contributed by atoms with Crippen LogP contribution in [-0.2, 0) is 10.0 Å². The second kappa shape index (κ2) is 9.88. The summed E-state index contributed by atoms with van der Waals surface area (Å²) in [6, 6.07) is 21.0. The number of carbonyl (C=O) groups is 2. The number of sulfonamides is 1. The van der Waals surface area contributed by atoms with Crippen LogP contribution in [0.2, 0.25) is 0 Å². The Balaban J connectivity index is 1.68. The van der Waals surface area contributed by atoms with Crippen LogP contribution < -0.4 is 20.7 Å². The molecule has 9 heteroatoms. The highest BCUT2D eigenvalue weighted by Crippen LogP contribution is 2.18. The molecule has 0 heterocycles. The molecule has 0 bridgehead atoms. The maximum Gasteiger partial charge on any atom is 0.323 e. The Morgan fingerprint density at radius 2 is 1.35 bits per heavy atom. The molecule has 3 aromatic rings. The highest BCUT2D eigenvalue weighted by Gasteiger charge is 2.15. The normalized spacial score (nSPS) is 10.9. The molecule has 3 rings (SSSR count). The minimum Gasteiger partial charge on any atom is -0.322 e. The van der Waals surface area contributed by atoms with E-state index in [4.69, 9.17) is 0 Å². The number of amides is 3. The van der Waals surface area contributed by atoms with Crippen LogP contribution in [0.25, 0.3) is 0 Å². The Morgan fingerprint density at radius 1 is 0.742 bits per heavy atom. The van der Waals surface area contributed by atoms with Gasteiger partial charge in [0.25, 0.3) is 5.91 Å². The topological polar surface area (TPSA) is 116 Å². The van der Waals surface area contributed by atoms with Crippen molar-refractivity contribution in [1.29, 1.82) is 0 Å². The molecule has 8 nitrogen and oxygen atoms in total. The number of carbonyl (C=O) groups excluding carboxylic acids is 2. The van der Waals surface area contributed by atoms with Crippen molar-refractivity contribution >= 4 is 39.0 Å². The van der Waals surface area contributed by atoms with E-state index in [-0.39, 0.29) is 17.0 Å². The summed E-state index contributed by atoms with van der Waals surface area (Å²) in [6.45, 7) is 1.92. The minimum absolute atomic E-state index is 0.00926. The molecule has 0 aliphatic heterocycles. The summed E-state index contributed by atoms with van der Waals surface area (Å²) in [4.78, 5) is 24.8. The van der Waals surface area contributed by atoms with Gasteiger partial charge in [0.2, 0.25) is 10.0 Å². The molecule has 0 saturated heterocycles. The first kappa shape index (κ1) is 22.0. The van der Waals surface area contributed by atoms with Crippen molar-refractivity contribution in [2.24, 2.45) is 0 Å². The first-order chi connectivity index (χ1) is 14.9. The molecular weight excluding hydrogens is 416 g/mol. The molecule has 3 aromatic carbocycles. The van der Waals surface area contributed by atoms with E-state index in [0.29, 0.717) is 17.1 Å². The zero-order valence-corrected chi connectivity index (χ0v) is 17.6. The predicted octanol–water partition coefficient (Wildman–Crippen LogP) is 3.88. The molecule has 0 fully saturated rings. The molecule has 31 heavy (non-hydrogen) atoms. The van der Waals surface area contributed by atoms with E-state index >= 15 is 0 Å². The molecule has 4 N–H and O–H groups in total. The average Bonchev–Trinajstić information content (AvgIpc) is 2.74. The summed E-state index contributed by atoms with van der Waals surface area (Å²) in [6.07, 6.45) is 0. The van der Waals surface area contributed by atoms with Crippen LogP contribution in [0, 0.1) is 0 Å². The lowest BCUT2D eigenvalue weighted by atomic mass is 10.2. The lowest BCUT2D eigenvalue weighted by Crippen LogP contribution is -2.23. The maximum atomic E-state index is 12.6. The number of anilines is 3. The second-order valence-electron chi connectivity index (χ2n) is 6.51. The van der Waals surface area contributed by atoms with Gasteiger partial charge in [-0.25, -0.2) is 17.9 Å². The maximum absolute atomic E-state index is 12.6. The Morgan fingerprint density at radius 3 is 2.06 bits per heavy atom. The number of hydrogen-bond donors (Lipinski definition) is 4. The van der Waals surface area contributed by atoms with E-state index < -0.39 is 22.0 Å². The van der Waals surface area contributed by atoms with Crippen LogP contribution in [0.4, 0.5) is 21.9 Å². The van der Waals surface area contributed by atoms with Gasteiger partial charge in [0.05, 0.1) is 4.90 Å². The number of nitrogens with one attached hydrogen (secondary N) is 4. The van der Waals surface area contributed by atoms with Crippen LogP contribution in [0.5, 0.6) is 0 Å². The molecule has 0 radical (unpaired) electrons. The van der Waals surface area contributed by atoms with Crippen molar-refractivity contribution in [2.45, 2.75) is 11.8 Å². The fraction of sp³-hybridized carbons (Fsp3) is 0.0909. The Kier molecular flexibility index (Phi) is 7.01. The molecule has 160 valence electrons. The standard InChI is InChI=1S/C22H22N4O4S/c1-2-23-31(29,30)20-13-6-8-16(14-20)21(27)24-18-11-7-12-19(15-18)26-22(28)25-17-9-4-3-5-10-17/h3-15,23H,2H2,1H3,(H,24,27)(H2,25,26,28). The van der Waals surface area contributed by atoms with Crippen molar-refractivity contribution in [1.82, 2.24) is 4.72 Å². The van der Waals surface area contributed by atoms with Crippen LogP contribution >= 0.6 is 0 Å². The van der Waals surface area contributed by atoms with Gasteiger partial charge in [0, 0.05) is 29.2 Å². The Labute approximate surface area is 180 Å². The lowest BCUT2D eigenvalue weighted by molar-refractivity contribution is 0.102. The summed E-state index contributed by atoms with van der Waals surface area (Å²) in [5.74, 6) is -0.473. The zero-order valence-electron chi connectivity index (χ0n) is 16.8. The van der Waals surface area contributed by atoms with Gasteiger partial charge < -0.3 is 16.0 Å². The van der Waals surface area contributed by atoms with Crippen LogP contribution in [-0.4, -0.2) is 26.9 Å². The Hall–Kier alpha value is -3.69. The van der Waals surface area contributed by atoms with Gasteiger partial charge in [-0.3, -0.25) is 4.79 Å². The summed E-state index contributed by atoms with van der Waals surface area (Å²) >= 11 is 0. The van der Waals surface area contributed by atoms with Crippen molar-refractivity contribution in [3.63, 3.8) is 0 Å². The van der Waals surface area contributed by atoms with Crippen molar-refractivity contribution in [3.05, 3.63) is 84.4 Å². The van der Waals surface area contributed by atoms with Gasteiger partial charge in [-0.2, -0.15) is 0 Å². The van der Waals surface area contributed by atoms with Crippen molar-refractivity contribution < 1.29 is 18.0 Å².